The van der Waals surface area contributed by atoms with Gasteiger partial charge in [0.2, 0.25) is 5.91 Å². The number of para-hydroxylation sites is 1. The summed E-state index contributed by atoms with van der Waals surface area (Å²) in [6, 6.07) is 15.5. The highest BCUT2D eigenvalue weighted by atomic mass is 35.5. The first-order valence-corrected chi connectivity index (χ1v) is 11.3. The number of pyridine rings is 2. The molecular formula is C26H25ClFN5O. The highest BCUT2D eigenvalue weighted by Crippen LogP contribution is 2.34. The molecule has 0 aliphatic rings. The molecule has 2 heterocycles. The predicted octanol–water partition coefficient (Wildman–Crippen LogP) is 6.11. The monoisotopic (exact) mass is 477 g/mol. The van der Waals surface area contributed by atoms with Crippen molar-refractivity contribution in [1.29, 1.82) is 0 Å². The van der Waals surface area contributed by atoms with E-state index in [9.17, 15) is 9.18 Å². The summed E-state index contributed by atoms with van der Waals surface area (Å²) < 4.78 is 14.6. The van der Waals surface area contributed by atoms with Crippen molar-refractivity contribution >= 4 is 45.5 Å². The highest BCUT2D eigenvalue weighted by molar-refractivity contribution is 6.30. The van der Waals surface area contributed by atoms with Crippen LogP contribution in [-0.4, -0.2) is 41.4 Å². The van der Waals surface area contributed by atoms with Gasteiger partial charge in [-0.25, -0.2) is 9.37 Å². The van der Waals surface area contributed by atoms with Gasteiger partial charge in [0.25, 0.3) is 0 Å². The van der Waals surface area contributed by atoms with Gasteiger partial charge in [0.1, 0.15) is 5.82 Å². The number of carbonyl (C=O) groups is 1. The first-order valence-electron chi connectivity index (χ1n) is 10.9. The predicted molar refractivity (Wildman–Crippen MR) is 136 cm³/mol. The Morgan fingerprint density at radius 2 is 1.88 bits per heavy atom. The van der Waals surface area contributed by atoms with Crippen LogP contribution in [0.5, 0.6) is 0 Å². The van der Waals surface area contributed by atoms with Crippen molar-refractivity contribution in [2.24, 2.45) is 0 Å². The standard InChI is InChI=1S/C26H25ClFN5O/c1-33(2)13-5-8-26(34)32-25-16-29-12-11-22(25)31-23-15-24(19-14-17(27)9-10-20(19)28)30-21-7-4-3-6-18(21)23/h3-4,6-7,9-12,14-16H,5,8,13H2,1-2H3,(H,32,34)(H,29,30,31). The minimum absolute atomic E-state index is 0.0841. The van der Waals surface area contributed by atoms with Crippen LogP contribution in [0.4, 0.5) is 21.5 Å². The Balaban J connectivity index is 1.68. The number of aromatic nitrogens is 2. The molecule has 0 fully saturated rings. The van der Waals surface area contributed by atoms with Crippen LogP contribution in [0.2, 0.25) is 5.02 Å². The number of anilines is 3. The highest BCUT2D eigenvalue weighted by Gasteiger charge is 2.14. The fourth-order valence-electron chi connectivity index (χ4n) is 3.63. The summed E-state index contributed by atoms with van der Waals surface area (Å²) in [5.41, 5.74) is 3.41. The molecule has 4 aromatic rings. The van der Waals surface area contributed by atoms with Gasteiger partial charge in [-0.1, -0.05) is 29.8 Å². The van der Waals surface area contributed by atoms with Crippen molar-refractivity contribution in [1.82, 2.24) is 14.9 Å². The lowest BCUT2D eigenvalue weighted by Crippen LogP contribution is -2.17. The molecule has 0 radical (unpaired) electrons. The number of nitrogens with one attached hydrogen (secondary N) is 2. The third-order valence-corrected chi connectivity index (χ3v) is 5.53. The van der Waals surface area contributed by atoms with Crippen molar-refractivity contribution < 1.29 is 9.18 Å². The first-order chi connectivity index (χ1) is 16.4. The Morgan fingerprint density at radius 1 is 1.06 bits per heavy atom. The van der Waals surface area contributed by atoms with E-state index in [1.54, 1.807) is 30.6 Å². The van der Waals surface area contributed by atoms with Gasteiger partial charge < -0.3 is 15.5 Å². The number of carbonyl (C=O) groups excluding carboxylic acids is 1. The molecule has 0 saturated carbocycles. The van der Waals surface area contributed by atoms with E-state index < -0.39 is 5.82 Å². The van der Waals surface area contributed by atoms with Crippen LogP contribution in [-0.2, 0) is 4.79 Å². The third kappa shape index (κ3) is 5.68. The maximum absolute atomic E-state index is 14.6. The number of benzene rings is 2. The average molecular weight is 478 g/mol. The lowest BCUT2D eigenvalue weighted by molar-refractivity contribution is -0.116. The fourth-order valence-corrected chi connectivity index (χ4v) is 3.80. The van der Waals surface area contributed by atoms with Crippen LogP contribution < -0.4 is 10.6 Å². The minimum Gasteiger partial charge on any atom is -0.353 e. The van der Waals surface area contributed by atoms with Crippen molar-refractivity contribution in [3.63, 3.8) is 0 Å². The maximum Gasteiger partial charge on any atom is 0.224 e. The van der Waals surface area contributed by atoms with E-state index in [0.29, 0.717) is 45.3 Å². The van der Waals surface area contributed by atoms with Crippen molar-refractivity contribution in [2.45, 2.75) is 12.8 Å². The Bertz CT molecular complexity index is 1330. The molecule has 6 nitrogen and oxygen atoms in total. The number of fused-ring (bicyclic) bond motifs is 1. The van der Waals surface area contributed by atoms with Gasteiger partial charge in [0.15, 0.2) is 0 Å². The fraction of sp³-hybridized carbons (Fsp3) is 0.192. The number of nitrogens with zero attached hydrogens (tertiary/aromatic N) is 3. The van der Waals surface area contributed by atoms with Crippen molar-refractivity contribution in [3.8, 4) is 11.3 Å². The van der Waals surface area contributed by atoms with Gasteiger partial charge in [-0.3, -0.25) is 9.78 Å². The van der Waals surface area contributed by atoms with Gasteiger partial charge in [-0.05, 0) is 63.5 Å². The van der Waals surface area contributed by atoms with Crippen LogP contribution in [0.1, 0.15) is 12.8 Å². The number of hydrogen-bond acceptors (Lipinski definition) is 5. The van der Waals surface area contributed by atoms with E-state index in [4.69, 9.17) is 11.6 Å². The molecule has 8 heteroatoms. The van der Waals surface area contributed by atoms with Crippen LogP contribution >= 0.6 is 11.6 Å². The van der Waals surface area contributed by atoms with Crippen LogP contribution in [0.15, 0.2) is 67.0 Å². The normalized spacial score (nSPS) is 11.1. The smallest absolute Gasteiger partial charge is 0.224 e. The summed E-state index contributed by atoms with van der Waals surface area (Å²) in [7, 11) is 3.95. The molecule has 0 unspecified atom stereocenters. The molecule has 2 N–H and O–H groups in total. The van der Waals surface area contributed by atoms with E-state index >= 15 is 0 Å². The molecule has 0 bridgehead atoms. The first kappa shape index (κ1) is 23.6. The summed E-state index contributed by atoms with van der Waals surface area (Å²) in [6.45, 7) is 0.831. The third-order valence-electron chi connectivity index (χ3n) is 5.29. The minimum atomic E-state index is -0.410. The lowest BCUT2D eigenvalue weighted by Gasteiger charge is -2.16. The Hall–Kier alpha value is -3.55. The molecule has 0 aliphatic heterocycles. The van der Waals surface area contributed by atoms with Crippen molar-refractivity contribution in [2.75, 3.05) is 31.3 Å². The van der Waals surface area contributed by atoms with Gasteiger partial charge in [0, 0.05) is 28.6 Å². The van der Waals surface area contributed by atoms with E-state index in [1.807, 2.05) is 43.3 Å². The van der Waals surface area contributed by atoms with E-state index in [0.717, 1.165) is 18.4 Å². The topological polar surface area (TPSA) is 70.2 Å². The van der Waals surface area contributed by atoms with Gasteiger partial charge in [-0.2, -0.15) is 0 Å². The van der Waals surface area contributed by atoms with Crippen molar-refractivity contribution in [3.05, 3.63) is 77.8 Å². The molecule has 4 rings (SSSR count). The molecule has 34 heavy (non-hydrogen) atoms. The molecule has 1 amide bonds. The maximum atomic E-state index is 14.6. The average Bonchev–Trinajstić information content (AvgIpc) is 2.81. The van der Waals surface area contributed by atoms with Gasteiger partial charge >= 0.3 is 0 Å². The SMILES string of the molecule is CN(C)CCCC(=O)Nc1cnccc1Nc1cc(-c2cc(Cl)ccc2F)nc2ccccc12. The second-order valence-electron chi connectivity index (χ2n) is 8.20. The summed E-state index contributed by atoms with van der Waals surface area (Å²) in [4.78, 5) is 23.3. The zero-order chi connectivity index (χ0) is 24.1. The number of rotatable bonds is 8. The van der Waals surface area contributed by atoms with Crippen LogP contribution in [0.3, 0.4) is 0 Å². The Morgan fingerprint density at radius 3 is 2.71 bits per heavy atom. The van der Waals surface area contributed by atoms with E-state index in [2.05, 4.69) is 20.6 Å². The van der Waals surface area contributed by atoms with Gasteiger partial charge in [-0.15, -0.1) is 0 Å². The number of halogens is 2. The molecule has 0 atom stereocenters. The molecular weight excluding hydrogens is 453 g/mol. The van der Waals surface area contributed by atoms with Crippen LogP contribution in [0.25, 0.3) is 22.2 Å². The molecule has 174 valence electrons. The second-order valence-corrected chi connectivity index (χ2v) is 8.63. The zero-order valence-electron chi connectivity index (χ0n) is 19.0. The molecule has 0 saturated heterocycles. The second kappa shape index (κ2) is 10.6. The van der Waals surface area contributed by atoms with Crippen LogP contribution in [0, 0.1) is 5.82 Å². The Labute approximate surface area is 202 Å². The quantitative estimate of drug-likeness (QED) is 0.320. The zero-order valence-corrected chi connectivity index (χ0v) is 19.7. The lowest BCUT2D eigenvalue weighted by atomic mass is 10.1. The summed E-state index contributed by atoms with van der Waals surface area (Å²) in [5.74, 6) is -0.494. The largest absolute Gasteiger partial charge is 0.353 e. The molecule has 2 aromatic heterocycles. The molecule has 0 spiro atoms. The summed E-state index contributed by atoms with van der Waals surface area (Å²) in [6.07, 6.45) is 4.41. The number of amides is 1. The summed E-state index contributed by atoms with van der Waals surface area (Å²) >= 11 is 6.12. The van der Waals surface area contributed by atoms with E-state index in [-0.39, 0.29) is 5.91 Å². The molecule has 2 aromatic carbocycles. The van der Waals surface area contributed by atoms with E-state index in [1.165, 1.54) is 12.1 Å². The number of hydrogen-bond donors (Lipinski definition) is 2. The van der Waals surface area contributed by atoms with Gasteiger partial charge in [0.05, 0.1) is 34.5 Å². The summed E-state index contributed by atoms with van der Waals surface area (Å²) in [5, 5.41) is 7.60. The molecule has 0 aliphatic carbocycles. The Kier molecular flexibility index (Phi) is 7.35.